The number of anilines is 1. The molecule has 1 rings (SSSR count). The van der Waals surface area contributed by atoms with E-state index >= 15 is 0 Å². The smallest absolute Gasteiger partial charge is 0.325 e. The lowest BCUT2D eigenvalue weighted by Gasteiger charge is -2.10. The van der Waals surface area contributed by atoms with Gasteiger partial charge in [0, 0.05) is 17.3 Å². The number of halogens is 2. The Morgan fingerprint density at radius 1 is 1.36 bits per heavy atom. The van der Waals surface area contributed by atoms with Crippen LogP contribution in [0.2, 0.25) is 0 Å². The van der Waals surface area contributed by atoms with Crippen molar-refractivity contribution in [2.24, 2.45) is 5.73 Å². The van der Waals surface area contributed by atoms with Crippen LogP contribution in [-0.2, 0) is 4.79 Å². The van der Waals surface area contributed by atoms with E-state index in [1.54, 1.807) is 0 Å². The number of nitrogens with two attached hydrogens (primary N) is 2. The highest BCUT2D eigenvalue weighted by molar-refractivity contribution is 5.77. The van der Waals surface area contributed by atoms with Crippen molar-refractivity contribution in [3.8, 4) is 0 Å². The molecule has 0 heterocycles. The summed E-state index contributed by atoms with van der Waals surface area (Å²) in [6.07, 6.45) is 0. The second-order valence-corrected chi connectivity index (χ2v) is 2.71. The van der Waals surface area contributed by atoms with Gasteiger partial charge in [-0.25, -0.2) is 8.78 Å². The van der Waals surface area contributed by atoms with Crippen LogP contribution in [0.15, 0.2) is 12.1 Å². The maximum atomic E-state index is 12.7. The van der Waals surface area contributed by atoms with Gasteiger partial charge in [-0.05, 0) is 6.07 Å². The fraction of sp³-hybridized carbons (Fsp3) is 0.125. The highest BCUT2D eigenvalue weighted by Crippen LogP contribution is 2.22. The highest BCUT2D eigenvalue weighted by Gasteiger charge is 2.19. The number of hydrogen-bond acceptors (Lipinski definition) is 3. The Kier molecular flexibility index (Phi) is 2.66. The molecular formula is C8H8F2N2O2. The van der Waals surface area contributed by atoms with Gasteiger partial charge >= 0.3 is 5.97 Å². The summed E-state index contributed by atoms with van der Waals surface area (Å²) in [5.74, 6) is -3.67. The van der Waals surface area contributed by atoms with E-state index < -0.39 is 23.6 Å². The first-order valence-corrected chi connectivity index (χ1v) is 3.66. The number of rotatable bonds is 2. The van der Waals surface area contributed by atoms with Gasteiger partial charge in [0.25, 0.3) is 0 Å². The van der Waals surface area contributed by atoms with Crippen molar-refractivity contribution in [3.63, 3.8) is 0 Å². The zero-order chi connectivity index (χ0) is 10.9. The number of aliphatic carboxylic acids is 1. The van der Waals surface area contributed by atoms with Gasteiger partial charge in [0.1, 0.15) is 6.04 Å². The van der Waals surface area contributed by atoms with Crippen LogP contribution in [0.4, 0.5) is 14.5 Å². The number of carbonyl (C=O) groups is 1. The van der Waals surface area contributed by atoms with E-state index in [1.807, 2.05) is 0 Å². The number of benzene rings is 1. The van der Waals surface area contributed by atoms with Crippen LogP contribution in [0.5, 0.6) is 0 Å². The summed E-state index contributed by atoms with van der Waals surface area (Å²) >= 11 is 0. The Labute approximate surface area is 78.1 Å². The monoisotopic (exact) mass is 202 g/mol. The fourth-order valence-corrected chi connectivity index (χ4v) is 0.980. The third kappa shape index (κ3) is 1.80. The van der Waals surface area contributed by atoms with Gasteiger partial charge in [0.05, 0.1) is 0 Å². The second kappa shape index (κ2) is 3.59. The van der Waals surface area contributed by atoms with Gasteiger partial charge in [-0.15, -0.1) is 0 Å². The van der Waals surface area contributed by atoms with E-state index in [0.29, 0.717) is 12.1 Å². The van der Waals surface area contributed by atoms with E-state index in [2.05, 4.69) is 0 Å². The van der Waals surface area contributed by atoms with Gasteiger partial charge in [0.2, 0.25) is 0 Å². The van der Waals surface area contributed by atoms with Crippen molar-refractivity contribution < 1.29 is 18.7 Å². The lowest BCUT2D eigenvalue weighted by molar-refractivity contribution is -0.138. The van der Waals surface area contributed by atoms with E-state index in [4.69, 9.17) is 16.6 Å². The van der Waals surface area contributed by atoms with Gasteiger partial charge < -0.3 is 16.6 Å². The van der Waals surface area contributed by atoms with Crippen molar-refractivity contribution in [2.75, 3.05) is 5.73 Å². The highest BCUT2D eigenvalue weighted by atomic mass is 19.2. The second-order valence-electron chi connectivity index (χ2n) is 2.71. The van der Waals surface area contributed by atoms with Gasteiger partial charge in [-0.1, -0.05) is 0 Å². The van der Waals surface area contributed by atoms with E-state index in [9.17, 15) is 13.6 Å². The molecule has 0 bridgehead atoms. The van der Waals surface area contributed by atoms with Gasteiger partial charge in [-0.3, -0.25) is 4.79 Å². The third-order valence-electron chi connectivity index (χ3n) is 1.73. The molecule has 76 valence electrons. The molecule has 14 heavy (non-hydrogen) atoms. The van der Waals surface area contributed by atoms with Crippen LogP contribution in [0, 0.1) is 11.6 Å². The van der Waals surface area contributed by atoms with Crippen molar-refractivity contribution in [1.29, 1.82) is 0 Å². The molecule has 0 spiro atoms. The third-order valence-corrected chi connectivity index (χ3v) is 1.73. The van der Waals surface area contributed by atoms with E-state index in [1.165, 1.54) is 0 Å². The molecule has 4 nitrogen and oxygen atoms in total. The molecule has 0 aliphatic heterocycles. The standard InChI is InChI=1S/C8H8F2N2O2/c9-4-1-3(7(12)8(13)14)6(11)2-5(4)10/h1-2,7H,11-12H2,(H,13,14). The van der Waals surface area contributed by atoms with Crippen LogP contribution in [-0.4, -0.2) is 11.1 Å². The summed E-state index contributed by atoms with van der Waals surface area (Å²) in [5.41, 5.74) is 10.1. The molecule has 5 N–H and O–H groups in total. The molecule has 0 aliphatic rings. The molecular weight excluding hydrogens is 194 g/mol. The van der Waals surface area contributed by atoms with Gasteiger partial charge in [0.15, 0.2) is 11.6 Å². The summed E-state index contributed by atoms with van der Waals surface area (Å²) < 4.78 is 25.3. The molecule has 0 fully saturated rings. The van der Waals surface area contributed by atoms with E-state index in [-0.39, 0.29) is 11.3 Å². The molecule has 0 radical (unpaired) electrons. The number of carboxylic acids is 1. The zero-order valence-electron chi connectivity index (χ0n) is 7.00. The normalized spacial score (nSPS) is 12.5. The first-order chi connectivity index (χ1) is 6.43. The average molecular weight is 202 g/mol. The molecule has 0 aromatic heterocycles. The summed E-state index contributed by atoms with van der Waals surface area (Å²) in [7, 11) is 0. The molecule has 1 atom stereocenters. The predicted molar refractivity (Wildman–Crippen MR) is 45.3 cm³/mol. The van der Waals surface area contributed by atoms with Crippen LogP contribution >= 0.6 is 0 Å². The maximum absolute atomic E-state index is 12.7. The molecule has 1 unspecified atom stereocenters. The minimum atomic E-state index is -1.45. The Hall–Kier alpha value is -1.69. The maximum Gasteiger partial charge on any atom is 0.325 e. The van der Waals surface area contributed by atoms with Crippen LogP contribution < -0.4 is 11.5 Å². The molecule has 6 heteroatoms. The lowest BCUT2D eigenvalue weighted by atomic mass is 10.1. The molecule has 0 aliphatic carbocycles. The quantitative estimate of drug-likeness (QED) is 0.613. The number of nitrogen functional groups attached to an aromatic ring is 1. The van der Waals surface area contributed by atoms with Crippen molar-refractivity contribution in [1.82, 2.24) is 0 Å². The first kappa shape index (κ1) is 10.4. The van der Waals surface area contributed by atoms with Crippen molar-refractivity contribution >= 4 is 11.7 Å². The summed E-state index contributed by atoms with van der Waals surface area (Å²) in [6.45, 7) is 0. The molecule has 0 saturated heterocycles. The van der Waals surface area contributed by atoms with Crippen LogP contribution in [0.25, 0.3) is 0 Å². The number of hydrogen-bond donors (Lipinski definition) is 3. The number of carboxylic acid groups (broad SMARTS) is 1. The van der Waals surface area contributed by atoms with Crippen molar-refractivity contribution in [2.45, 2.75) is 6.04 Å². The first-order valence-electron chi connectivity index (χ1n) is 3.66. The Balaban J connectivity index is 3.22. The molecule has 0 amide bonds. The fourth-order valence-electron chi connectivity index (χ4n) is 0.980. The Morgan fingerprint density at radius 3 is 2.36 bits per heavy atom. The van der Waals surface area contributed by atoms with Gasteiger partial charge in [-0.2, -0.15) is 0 Å². The summed E-state index contributed by atoms with van der Waals surface area (Å²) in [6, 6.07) is -0.0678. The molecule has 1 aromatic carbocycles. The summed E-state index contributed by atoms with van der Waals surface area (Å²) in [5, 5.41) is 8.52. The van der Waals surface area contributed by atoms with Crippen molar-refractivity contribution in [3.05, 3.63) is 29.3 Å². The Bertz CT molecular complexity index is 382. The average Bonchev–Trinajstić information content (AvgIpc) is 2.10. The Morgan fingerprint density at radius 2 is 1.86 bits per heavy atom. The van der Waals surface area contributed by atoms with Crippen LogP contribution in [0.1, 0.15) is 11.6 Å². The zero-order valence-corrected chi connectivity index (χ0v) is 7.00. The lowest BCUT2D eigenvalue weighted by Crippen LogP contribution is -2.22. The minimum Gasteiger partial charge on any atom is -0.480 e. The van der Waals surface area contributed by atoms with E-state index in [0.717, 1.165) is 0 Å². The minimum absolute atomic E-state index is 0.142. The SMILES string of the molecule is Nc1cc(F)c(F)cc1C(N)C(=O)O. The van der Waals surface area contributed by atoms with Crippen LogP contribution in [0.3, 0.4) is 0 Å². The largest absolute Gasteiger partial charge is 0.480 e. The molecule has 0 saturated carbocycles. The summed E-state index contributed by atoms with van der Waals surface area (Å²) in [4.78, 5) is 10.5. The predicted octanol–water partition coefficient (Wildman–Crippen LogP) is 0.631. The topological polar surface area (TPSA) is 89.3 Å². The molecule has 1 aromatic rings.